The molecule has 0 spiro atoms. The molecule has 1 N–H and O–H groups in total. The van der Waals surface area contributed by atoms with Gasteiger partial charge in [0.15, 0.2) is 0 Å². The maximum absolute atomic E-state index is 10.1. The van der Waals surface area contributed by atoms with E-state index in [4.69, 9.17) is 5.11 Å². The Morgan fingerprint density at radius 1 is 1.64 bits per heavy atom. The lowest BCUT2D eigenvalue weighted by atomic mass is 10.4. The maximum Gasteiger partial charge on any atom is 0.308 e. The number of rotatable bonds is 3. The largest absolute Gasteiger partial charge is 0.481 e. The summed E-state index contributed by atoms with van der Waals surface area (Å²) in [5.41, 5.74) is 2.37. The van der Waals surface area contributed by atoms with Crippen molar-refractivity contribution >= 4 is 11.9 Å². The number of carboxylic acids is 1. The minimum Gasteiger partial charge on any atom is -0.481 e. The Balaban J connectivity index is 3.64. The average molecular weight is 156 g/mol. The number of esters is 1. The number of hydrogen-bond acceptors (Lipinski definition) is 3. The molecule has 0 saturated heterocycles. The van der Waals surface area contributed by atoms with Crippen LogP contribution in [0, 0.1) is 0 Å². The SMILES string of the molecule is CC(=O)OC=C=CCC(=O)O. The van der Waals surface area contributed by atoms with Gasteiger partial charge in [0.05, 0.1) is 6.42 Å². The van der Waals surface area contributed by atoms with Crippen LogP contribution in [0.1, 0.15) is 13.3 Å². The molecule has 0 rings (SSSR count). The number of ether oxygens (including phenoxy) is 1. The summed E-state index contributed by atoms with van der Waals surface area (Å²) in [4.78, 5) is 20.0. The zero-order valence-electron chi connectivity index (χ0n) is 6.03. The van der Waals surface area contributed by atoms with Crippen molar-refractivity contribution in [2.24, 2.45) is 0 Å². The van der Waals surface area contributed by atoms with Crippen LogP contribution in [0.5, 0.6) is 0 Å². The monoisotopic (exact) mass is 156 g/mol. The quantitative estimate of drug-likeness (QED) is 0.371. The van der Waals surface area contributed by atoms with E-state index in [-0.39, 0.29) is 6.42 Å². The molecule has 0 aliphatic carbocycles. The van der Waals surface area contributed by atoms with E-state index < -0.39 is 11.9 Å². The summed E-state index contributed by atoms with van der Waals surface area (Å²) < 4.78 is 4.32. The molecule has 0 amide bonds. The van der Waals surface area contributed by atoms with Crippen LogP contribution in [0.15, 0.2) is 18.1 Å². The van der Waals surface area contributed by atoms with Gasteiger partial charge in [0, 0.05) is 6.92 Å². The molecule has 0 aliphatic rings. The van der Waals surface area contributed by atoms with E-state index in [9.17, 15) is 9.59 Å². The molecule has 4 heteroatoms. The highest BCUT2D eigenvalue weighted by Gasteiger charge is 1.87. The zero-order valence-corrected chi connectivity index (χ0v) is 6.03. The summed E-state index contributed by atoms with van der Waals surface area (Å²) in [7, 11) is 0. The summed E-state index contributed by atoms with van der Waals surface area (Å²) in [6.07, 6.45) is 2.15. The van der Waals surface area contributed by atoms with Crippen molar-refractivity contribution in [2.75, 3.05) is 0 Å². The summed E-state index contributed by atoms with van der Waals surface area (Å²) in [6, 6.07) is 0. The van der Waals surface area contributed by atoms with Crippen molar-refractivity contribution in [2.45, 2.75) is 13.3 Å². The molecular formula is C7H8O4. The van der Waals surface area contributed by atoms with Crippen LogP contribution in [0.4, 0.5) is 0 Å². The van der Waals surface area contributed by atoms with Gasteiger partial charge in [-0.3, -0.25) is 9.59 Å². The van der Waals surface area contributed by atoms with Gasteiger partial charge in [-0.2, -0.15) is 0 Å². The van der Waals surface area contributed by atoms with Crippen molar-refractivity contribution in [3.8, 4) is 0 Å². The van der Waals surface area contributed by atoms with E-state index in [2.05, 4.69) is 10.5 Å². The van der Waals surface area contributed by atoms with Gasteiger partial charge < -0.3 is 9.84 Å². The molecule has 0 aromatic rings. The Bertz CT molecular complexity index is 190. The molecule has 11 heavy (non-hydrogen) atoms. The Hall–Kier alpha value is -1.54. The van der Waals surface area contributed by atoms with Crippen LogP contribution >= 0.6 is 0 Å². The van der Waals surface area contributed by atoms with Gasteiger partial charge in [0.1, 0.15) is 6.26 Å². The summed E-state index contributed by atoms with van der Waals surface area (Å²) in [5.74, 6) is -1.41. The molecule has 0 saturated carbocycles. The van der Waals surface area contributed by atoms with Crippen molar-refractivity contribution in [3.05, 3.63) is 18.1 Å². The third kappa shape index (κ3) is 8.46. The smallest absolute Gasteiger partial charge is 0.308 e. The minimum absolute atomic E-state index is 0.127. The first-order chi connectivity index (χ1) is 5.13. The summed E-state index contributed by atoms with van der Waals surface area (Å²) in [5, 5.41) is 8.13. The highest BCUT2D eigenvalue weighted by Crippen LogP contribution is 1.81. The molecule has 60 valence electrons. The minimum atomic E-state index is -0.950. The van der Waals surface area contributed by atoms with Crippen molar-refractivity contribution in [3.63, 3.8) is 0 Å². The second-order valence-corrected chi connectivity index (χ2v) is 1.70. The van der Waals surface area contributed by atoms with E-state index in [1.807, 2.05) is 0 Å². The van der Waals surface area contributed by atoms with E-state index >= 15 is 0 Å². The number of aliphatic carboxylic acids is 1. The standard InChI is InChI=1S/C7H8O4/c1-6(8)11-5-3-2-4-7(9)10/h2,5H,4H2,1H3,(H,9,10). The van der Waals surface area contributed by atoms with Crippen LogP contribution in [-0.4, -0.2) is 17.0 Å². The molecule has 0 aromatic heterocycles. The van der Waals surface area contributed by atoms with Gasteiger partial charge in [-0.05, 0) is 6.08 Å². The van der Waals surface area contributed by atoms with Gasteiger partial charge in [0.2, 0.25) is 0 Å². The molecule has 0 aromatic carbocycles. The molecule has 0 atom stereocenters. The Morgan fingerprint density at radius 3 is 2.73 bits per heavy atom. The maximum atomic E-state index is 10.1. The molecular weight excluding hydrogens is 148 g/mol. The Labute approximate surface area is 63.8 Å². The molecule has 0 bridgehead atoms. The van der Waals surface area contributed by atoms with Crippen molar-refractivity contribution in [1.82, 2.24) is 0 Å². The predicted molar refractivity (Wildman–Crippen MR) is 36.7 cm³/mol. The van der Waals surface area contributed by atoms with Gasteiger partial charge in [-0.25, -0.2) is 0 Å². The fraction of sp³-hybridized carbons (Fsp3) is 0.286. The number of carbonyl (C=O) groups excluding carboxylic acids is 1. The van der Waals surface area contributed by atoms with Gasteiger partial charge in [-0.1, -0.05) is 5.73 Å². The second-order valence-electron chi connectivity index (χ2n) is 1.70. The molecule has 0 heterocycles. The first-order valence-electron chi connectivity index (χ1n) is 2.91. The van der Waals surface area contributed by atoms with Crippen LogP contribution in [0.25, 0.3) is 0 Å². The summed E-state index contributed by atoms with van der Waals surface area (Å²) >= 11 is 0. The normalized spacial score (nSPS) is 7.73. The molecule has 0 unspecified atom stereocenters. The van der Waals surface area contributed by atoms with Crippen molar-refractivity contribution in [1.29, 1.82) is 0 Å². The van der Waals surface area contributed by atoms with Gasteiger partial charge in [0.25, 0.3) is 0 Å². The highest BCUT2D eigenvalue weighted by atomic mass is 16.5. The number of carbonyl (C=O) groups is 2. The Kier molecular flexibility index (Phi) is 4.52. The number of hydrogen-bond donors (Lipinski definition) is 1. The predicted octanol–water partition coefficient (Wildman–Crippen LogP) is 0.693. The first-order valence-corrected chi connectivity index (χ1v) is 2.91. The lowest BCUT2D eigenvalue weighted by Gasteiger charge is -1.84. The zero-order chi connectivity index (χ0) is 8.69. The lowest BCUT2D eigenvalue weighted by molar-refractivity contribution is -0.136. The fourth-order valence-electron chi connectivity index (χ4n) is 0.311. The van der Waals surface area contributed by atoms with Crippen LogP contribution in [-0.2, 0) is 14.3 Å². The fourth-order valence-corrected chi connectivity index (χ4v) is 0.311. The topological polar surface area (TPSA) is 63.6 Å². The molecule has 0 aliphatic heterocycles. The van der Waals surface area contributed by atoms with Crippen LogP contribution in [0.3, 0.4) is 0 Å². The van der Waals surface area contributed by atoms with E-state index in [0.29, 0.717) is 0 Å². The number of carboxylic acid groups (broad SMARTS) is 1. The van der Waals surface area contributed by atoms with E-state index in [1.165, 1.54) is 13.0 Å². The molecule has 0 fully saturated rings. The van der Waals surface area contributed by atoms with Crippen molar-refractivity contribution < 1.29 is 19.4 Å². The average Bonchev–Trinajstić information content (AvgIpc) is 1.85. The van der Waals surface area contributed by atoms with E-state index in [1.54, 1.807) is 0 Å². The van der Waals surface area contributed by atoms with E-state index in [0.717, 1.165) is 6.26 Å². The lowest BCUT2D eigenvalue weighted by Crippen LogP contribution is -1.90. The van der Waals surface area contributed by atoms with Crippen LogP contribution < -0.4 is 0 Å². The highest BCUT2D eigenvalue weighted by molar-refractivity contribution is 5.68. The third-order valence-electron chi connectivity index (χ3n) is 0.687. The molecule has 4 nitrogen and oxygen atoms in total. The summed E-state index contributed by atoms with van der Waals surface area (Å²) in [6.45, 7) is 1.25. The second kappa shape index (κ2) is 5.26. The van der Waals surface area contributed by atoms with Crippen LogP contribution in [0.2, 0.25) is 0 Å². The van der Waals surface area contributed by atoms with Gasteiger partial charge >= 0.3 is 11.9 Å². The van der Waals surface area contributed by atoms with Gasteiger partial charge in [-0.15, -0.1) is 0 Å². The third-order valence-corrected chi connectivity index (χ3v) is 0.687. The first kappa shape index (κ1) is 9.46. The Morgan fingerprint density at radius 2 is 2.27 bits per heavy atom. The molecule has 0 radical (unpaired) electrons.